The predicted molar refractivity (Wildman–Crippen MR) is 99.7 cm³/mol. The summed E-state index contributed by atoms with van der Waals surface area (Å²) in [6.45, 7) is 6.06. The Morgan fingerprint density at radius 1 is 1.33 bits per heavy atom. The van der Waals surface area contributed by atoms with Gasteiger partial charge in [-0.25, -0.2) is 9.97 Å². The van der Waals surface area contributed by atoms with Crippen molar-refractivity contribution in [2.45, 2.75) is 32.7 Å². The van der Waals surface area contributed by atoms with E-state index in [9.17, 15) is 10.1 Å². The van der Waals surface area contributed by atoms with E-state index in [4.69, 9.17) is 0 Å². The fraction of sp³-hybridized carbons (Fsp3) is 0.526. The van der Waals surface area contributed by atoms with E-state index >= 15 is 0 Å². The van der Waals surface area contributed by atoms with Crippen LogP contribution in [-0.2, 0) is 11.8 Å². The van der Waals surface area contributed by atoms with E-state index in [0.717, 1.165) is 18.4 Å². The van der Waals surface area contributed by atoms with Gasteiger partial charge in [0.25, 0.3) is 0 Å². The molecule has 27 heavy (non-hydrogen) atoms. The molecule has 8 nitrogen and oxygen atoms in total. The maximum absolute atomic E-state index is 12.7. The molecular weight excluding hydrogens is 342 g/mol. The topological polar surface area (TPSA) is 90.9 Å². The number of amides is 1. The van der Waals surface area contributed by atoms with E-state index in [1.54, 1.807) is 17.1 Å². The quantitative estimate of drug-likeness (QED) is 0.820. The van der Waals surface area contributed by atoms with Crippen molar-refractivity contribution in [3.63, 3.8) is 0 Å². The van der Waals surface area contributed by atoms with Crippen LogP contribution in [0.4, 0.5) is 5.82 Å². The van der Waals surface area contributed by atoms with Crippen molar-refractivity contribution in [3.05, 3.63) is 24.2 Å². The largest absolute Gasteiger partial charge is 0.352 e. The third-order valence-corrected chi connectivity index (χ3v) is 5.56. The summed E-state index contributed by atoms with van der Waals surface area (Å²) in [4.78, 5) is 25.8. The Morgan fingerprint density at radius 3 is 2.70 bits per heavy atom. The molecule has 2 aliphatic rings. The van der Waals surface area contributed by atoms with Crippen molar-refractivity contribution >= 4 is 11.7 Å². The van der Waals surface area contributed by atoms with Gasteiger partial charge >= 0.3 is 0 Å². The Balaban J connectivity index is 1.58. The number of aryl methyl sites for hydroxylation is 1. The van der Waals surface area contributed by atoms with Gasteiger partial charge in [0.1, 0.15) is 11.6 Å². The summed E-state index contributed by atoms with van der Waals surface area (Å²) in [6, 6.07) is 2.27. The summed E-state index contributed by atoms with van der Waals surface area (Å²) in [5.41, 5.74) is 1.10. The SMILES string of the molecule is C[C@@H]1CN(c2nc(-c3cnn(C)c3)ncc2C#N)CCN1C(=O)C1(C)CC1. The average Bonchev–Trinajstić information content (AvgIpc) is 3.27. The zero-order valence-corrected chi connectivity index (χ0v) is 15.9. The van der Waals surface area contributed by atoms with Crippen molar-refractivity contribution in [1.29, 1.82) is 5.26 Å². The second-order valence-electron chi connectivity index (χ2n) is 7.80. The lowest BCUT2D eigenvalue weighted by molar-refractivity contribution is -0.138. The number of carbonyl (C=O) groups is 1. The molecule has 0 radical (unpaired) electrons. The molecule has 140 valence electrons. The summed E-state index contributed by atoms with van der Waals surface area (Å²) < 4.78 is 1.70. The van der Waals surface area contributed by atoms with Gasteiger partial charge in [-0.3, -0.25) is 9.48 Å². The zero-order chi connectivity index (χ0) is 19.2. The minimum atomic E-state index is -0.156. The Kier molecular flexibility index (Phi) is 4.10. The first-order valence-corrected chi connectivity index (χ1v) is 9.23. The van der Waals surface area contributed by atoms with Gasteiger partial charge in [-0.1, -0.05) is 6.92 Å². The van der Waals surface area contributed by atoms with Gasteiger partial charge in [0.05, 0.1) is 18.0 Å². The van der Waals surface area contributed by atoms with E-state index in [0.29, 0.717) is 36.8 Å². The second-order valence-corrected chi connectivity index (χ2v) is 7.80. The lowest BCUT2D eigenvalue weighted by atomic mass is 10.1. The van der Waals surface area contributed by atoms with Crippen LogP contribution in [0, 0.1) is 16.7 Å². The van der Waals surface area contributed by atoms with Crippen molar-refractivity contribution in [2.75, 3.05) is 24.5 Å². The molecule has 1 saturated heterocycles. The van der Waals surface area contributed by atoms with Crippen LogP contribution in [0.2, 0.25) is 0 Å². The smallest absolute Gasteiger partial charge is 0.228 e. The van der Waals surface area contributed by atoms with E-state index in [2.05, 4.69) is 33.0 Å². The molecule has 3 heterocycles. The van der Waals surface area contributed by atoms with E-state index in [-0.39, 0.29) is 17.4 Å². The molecule has 0 spiro atoms. The number of anilines is 1. The van der Waals surface area contributed by atoms with Crippen LogP contribution in [0.15, 0.2) is 18.6 Å². The molecular formula is C19H23N7O. The molecule has 0 aromatic carbocycles. The van der Waals surface area contributed by atoms with E-state index < -0.39 is 0 Å². The van der Waals surface area contributed by atoms with Crippen LogP contribution in [0.3, 0.4) is 0 Å². The molecule has 1 atom stereocenters. The molecule has 1 amide bonds. The number of carbonyl (C=O) groups excluding carboxylic acids is 1. The summed E-state index contributed by atoms with van der Waals surface area (Å²) in [5, 5.41) is 13.7. The van der Waals surface area contributed by atoms with Gasteiger partial charge < -0.3 is 9.80 Å². The van der Waals surface area contributed by atoms with Crippen LogP contribution in [-0.4, -0.2) is 56.2 Å². The summed E-state index contributed by atoms with van der Waals surface area (Å²) in [6.07, 6.45) is 7.09. The van der Waals surface area contributed by atoms with Crippen LogP contribution in [0.25, 0.3) is 11.4 Å². The molecule has 0 N–H and O–H groups in total. The van der Waals surface area contributed by atoms with Crippen LogP contribution >= 0.6 is 0 Å². The maximum atomic E-state index is 12.7. The summed E-state index contributed by atoms with van der Waals surface area (Å²) >= 11 is 0. The number of piperazine rings is 1. The Morgan fingerprint density at radius 2 is 2.11 bits per heavy atom. The third kappa shape index (κ3) is 3.14. The first-order chi connectivity index (χ1) is 12.9. The predicted octanol–water partition coefficient (Wildman–Crippen LogP) is 1.59. The highest BCUT2D eigenvalue weighted by atomic mass is 16.2. The van der Waals surface area contributed by atoms with Gasteiger partial charge in [0.2, 0.25) is 5.91 Å². The lowest BCUT2D eigenvalue weighted by Crippen LogP contribution is -2.56. The van der Waals surface area contributed by atoms with Crippen molar-refractivity contribution in [2.24, 2.45) is 12.5 Å². The number of nitrogens with zero attached hydrogens (tertiary/aromatic N) is 7. The zero-order valence-electron chi connectivity index (χ0n) is 15.9. The molecule has 2 aromatic heterocycles. The number of hydrogen-bond donors (Lipinski definition) is 0. The first-order valence-electron chi connectivity index (χ1n) is 9.23. The molecule has 2 aromatic rings. The highest BCUT2D eigenvalue weighted by Crippen LogP contribution is 2.47. The molecule has 1 aliphatic heterocycles. The molecule has 2 fully saturated rings. The normalized spacial score (nSPS) is 21.0. The molecule has 1 saturated carbocycles. The summed E-state index contributed by atoms with van der Waals surface area (Å²) in [5.74, 6) is 1.44. The van der Waals surface area contributed by atoms with Crippen molar-refractivity contribution < 1.29 is 4.79 Å². The Labute approximate surface area is 158 Å². The van der Waals surface area contributed by atoms with Gasteiger partial charge in [0, 0.05) is 44.3 Å². The van der Waals surface area contributed by atoms with Crippen LogP contribution < -0.4 is 4.90 Å². The van der Waals surface area contributed by atoms with Gasteiger partial charge in [-0.15, -0.1) is 0 Å². The standard InChI is InChI=1S/C19H23N7O/c1-13-11-25(6-7-26(13)18(27)19(2)4-5-19)17-14(8-20)9-21-16(23-17)15-10-22-24(3)12-15/h9-10,12-13H,4-7,11H2,1-3H3/t13-/m1/s1. The number of hydrogen-bond acceptors (Lipinski definition) is 6. The van der Waals surface area contributed by atoms with Crippen molar-refractivity contribution in [3.8, 4) is 17.5 Å². The van der Waals surface area contributed by atoms with E-state index in [1.165, 1.54) is 0 Å². The van der Waals surface area contributed by atoms with Crippen molar-refractivity contribution in [1.82, 2.24) is 24.6 Å². The number of aromatic nitrogens is 4. The fourth-order valence-electron chi connectivity index (χ4n) is 3.57. The third-order valence-electron chi connectivity index (χ3n) is 5.56. The van der Waals surface area contributed by atoms with Crippen LogP contribution in [0.1, 0.15) is 32.3 Å². The number of nitriles is 1. The van der Waals surface area contributed by atoms with Crippen LogP contribution in [0.5, 0.6) is 0 Å². The lowest BCUT2D eigenvalue weighted by Gasteiger charge is -2.41. The highest BCUT2D eigenvalue weighted by molar-refractivity contribution is 5.85. The maximum Gasteiger partial charge on any atom is 0.228 e. The molecule has 0 unspecified atom stereocenters. The average molecular weight is 365 g/mol. The molecule has 1 aliphatic carbocycles. The minimum absolute atomic E-state index is 0.0759. The Bertz CT molecular complexity index is 924. The minimum Gasteiger partial charge on any atom is -0.352 e. The monoisotopic (exact) mass is 365 g/mol. The van der Waals surface area contributed by atoms with E-state index in [1.807, 2.05) is 25.1 Å². The number of rotatable bonds is 3. The molecule has 4 rings (SSSR count). The highest BCUT2D eigenvalue weighted by Gasteiger charge is 2.48. The van der Waals surface area contributed by atoms with Gasteiger partial charge in [-0.2, -0.15) is 10.4 Å². The van der Waals surface area contributed by atoms with Gasteiger partial charge in [-0.05, 0) is 19.8 Å². The summed E-state index contributed by atoms with van der Waals surface area (Å²) in [7, 11) is 1.84. The molecule has 0 bridgehead atoms. The Hall–Kier alpha value is -2.95. The van der Waals surface area contributed by atoms with Gasteiger partial charge in [0.15, 0.2) is 11.6 Å². The first kappa shape index (κ1) is 17.5. The fourth-order valence-corrected chi connectivity index (χ4v) is 3.57. The molecule has 8 heteroatoms. The second kappa shape index (κ2) is 6.34.